The number of halogens is 1. The predicted molar refractivity (Wildman–Crippen MR) is 80.5 cm³/mol. The number of nitrogens with zero attached hydrogens (tertiary/aromatic N) is 3. The fraction of sp³-hybridized carbons (Fsp3) is 0.538. The van der Waals surface area contributed by atoms with Crippen LogP contribution in [0.15, 0.2) is 10.7 Å². The second-order valence-electron chi connectivity index (χ2n) is 5.19. The maximum Gasteiger partial charge on any atom is 0.303 e. The highest BCUT2D eigenvalue weighted by Crippen LogP contribution is 2.34. The molecule has 0 aliphatic carbocycles. The molecule has 0 radical (unpaired) electrons. The first kappa shape index (κ1) is 15.7. The molecule has 0 saturated carbocycles. The molecule has 0 unspecified atom stereocenters. The van der Waals surface area contributed by atoms with Crippen molar-refractivity contribution in [1.29, 1.82) is 0 Å². The predicted octanol–water partition coefficient (Wildman–Crippen LogP) is 2.75. The van der Waals surface area contributed by atoms with Gasteiger partial charge in [-0.25, -0.2) is 4.98 Å². The minimum atomic E-state index is -0.765. The lowest BCUT2D eigenvalue weighted by Gasteiger charge is -2.32. The molecule has 0 amide bonds. The molecule has 0 aromatic carbocycles. The SMILES string of the molecule is Cc1c([N+](=O)[O-])cnc(N2CCC(CC(=O)O)CC2)c1Br. The van der Waals surface area contributed by atoms with Crippen LogP contribution in [0.2, 0.25) is 0 Å². The normalized spacial score (nSPS) is 16.0. The lowest BCUT2D eigenvalue weighted by atomic mass is 9.93. The zero-order chi connectivity index (χ0) is 15.6. The number of carboxylic acids is 1. The molecule has 2 heterocycles. The Kier molecular flexibility index (Phi) is 4.76. The summed E-state index contributed by atoms with van der Waals surface area (Å²) < 4.78 is 0.633. The number of carbonyl (C=O) groups is 1. The molecule has 1 N–H and O–H groups in total. The van der Waals surface area contributed by atoms with E-state index in [1.807, 2.05) is 4.90 Å². The summed E-state index contributed by atoms with van der Waals surface area (Å²) in [5, 5.41) is 19.7. The van der Waals surface area contributed by atoms with Crippen LogP contribution in [0.5, 0.6) is 0 Å². The van der Waals surface area contributed by atoms with Crippen molar-refractivity contribution in [2.24, 2.45) is 5.92 Å². The molecule has 1 aliphatic rings. The van der Waals surface area contributed by atoms with Gasteiger partial charge in [0.2, 0.25) is 0 Å². The van der Waals surface area contributed by atoms with Crippen molar-refractivity contribution < 1.29 is 14.8 Å². The first-order chi connectivity index (χ1) is 9.90. The molecule has 2 rings (SSSR count). The number of pyridine rings is 1. The number of anilines is 1. The Bertz CT molecular complexity index is 571. The van der Waals surface area contributed by atoms with Crippen LogP contribution in [-0.2, 0) is 4.79 Å². The van der Waals surface area contributed by atoms with E-state index in [9.17, 15) is 14.9 Å². The highest BCUT2D eigenvalue weighted by atomic mass is 79.9. The Morgan fingerprint density at radius 1 is 1.57 bits per heavy atom. The van der Waals surface area contributed by atoms with Gasteiger partial charge in [-0.1, -0.05) is 0 Å². The Labute approximate surface area is 130 Å². The fourth-order valence-electron chi connectivity index (χ4n) is 2.56. The summed E-state index contributed by atoms with van der Waals surface area (Å²) in [5.41, 5.74) is 0.545. The minimum absolute atomic E-state index is 0.00797. The van der Waals surface area contributed by atoms with E-state index in [1.54, 1.807) is 6.92 Å². The molecule has 21 heavy (non-hydrogen) atoms. The standard InChI is InChI=1S/C13H16BrN3O4/c1-8-10(17(20)21)7-15-13(12(8)14)16-4-2-9(3-5-16)6-11(18)19/h7,9H,2-6H2,1H3,(H,18,19). The van der Waals surface area contributed by atoms with Crippen LogP contribution in [0.1, 0.15) is 24.8 Å². The second kappa shape index (κ2) is 6.38. The molecule has 1 aromatic rings. The van der Waals surface area contributed by atoms with E-state index >= 15 is 0 Å². The number of piperidine rings is 1. The van der Waals surface area contributed by atoms with Gasteiger partial charge in [-0.3, -0.25) is 14.9 Å². The lowest BCUT2D eigenvalue weighted by Crippen LogP contribution is -2.35. The summed E-state index contributed by atoms with van der Waals surface area (Å²) in [7, 11) is 0. The van der Waals surface area contributed by atoms with Crippen LogP contribution in [0.4, 0.5) is 11.5 Å². The summed E-state index contributed by atoms with van der Waals surface area (Å²) >= 11 is 3.39. The summed E-state index contributed by atoms with van der Waals surface area (Å²) in [6, 6.07) is 0. The van der Waals surface area contributed by atoms with Crippen molar-refractivity contribution in [3.05, 3.63) is 26.3 Å². The van der Waals surface area contributed by atoms with Crippen molar-refractivity contribution in [3.63, 3.8) is 0 Å². The smallest absolute Gasteiger partial charge is 0.303 e. The van der Waals surface area contributed by atoms with Gasteiger partial charge in [0.1, 0.15) is 12.0 Å². The monoisotopic (exact) mass is 357 g/mol. The van der Waals surface area contributed by atoms with Gasteiger partial charge in [0.05, 0.1) is 9.40 Å². The number of rotatable bonds is 4. The number of hydrogen-bond donors (Lipinski definition) is 1. The molecule has 0 atom stereocenters. The third kappa shape index (κ3) is 3.49. The van der Waals surface area contributed by atoms with Crippen LogP contribution in [0.25, 0.3) is 0 Å². The van der Waals surface area contributed by atoms with E-state index in [4.69, 9.17) is 5.11 Å². The molecule has 114 valence electrons. The summed E-state index contributed by atoms with van der Waals surface area (Å²) in [5.74, 6) is 0.113. The molecule has 1 saturated heterocycles. The Morgan fingerprint density at radius 3 is 2.71 bits per heavy atom. The largest absolute Gasteiger partial charge is 0.481 e. The molecule has 1 aromatic heterocycles. The van der Waals surface area contributed by atoms with Gasteiger partial charge in [-0.2, -0.15) is 0 Å². The fourth-order valence-corrected chi connectivity index (χ4v) is 3.11. The molecule has 1 fully saturated rings. The molecular formula is C13H16BrN3O4. The number of aliphatic carboxylic acids is 1. The van der Waals surface area contributed by atoms with Crippen molar-refractivity contribution in [2.75, 3.05) is 18.0 Å². The van der Waals surface area contributed by atoms with Crippen LogP contribution in [0.3, 0.4) is 0 Å². The quantitative estimate of drug-likeness (QED) is 0.657. The summed E-state index contributed by atoms with van der Waals surface area (Å²) in [6.07, 6.45) is 3.05. The third-order valence-electron chi connectivity index (χ3n) is 3.79. The Hall–Kier alpha value is -1.70. The zero-order valence-corrected chi connectivity index (χ0v) is 13.2. The first-order valence-electron chi connectivity index (χ1n) is 6.66. The molecule has 7 nitrogen and oxygen atoms in total. The Balaban J connectivity index is 2.12. The van der Waals surface area contributed by atoms with Crippen molar-refractivity contribution in [1.82, 2.24) is 4.98 Å². The van der Waals surface area contributed by atoms with Crippen LogP contribution in [0, 0.1) is 23.0 Å². The first-order valence-corrected chi connectivity index (χ1v) is 7.45. The Morgan fingerprint density at radius 2 is 2.19 bits per heavy atom. The van der Waals surface area contributed by atoms with Crippen LogP contribution < -0.4 is 4.90 Å². The number of carboxylic acid groups (broad SMARTS) is 1. The highest BCUT2D eigenvalue weighted by molar-refractivity contribution is 9.10. The maximum absolute atomic E-state index is 10.9. The van der Waals surface area contributed by atoms with Gasteiger partial charge in [0.15, 0.2) is 0 Å². The van der Waals surface area contributed by atoms with E-state index in [0.29, 0.717) is 28.9 Å². The summed E-state index contributed by atoms with van der Waals surface area (Å²) in [4.78, 5) is 27.4. The average molecular weight is 358 g/mol. The number of nitro groups is 1. The van der Waals surface area contributed by atoms with Gasteiger partial charge in [0, 0.05) is 25.1 Å². The van der Waals surface area contributed by atoms with E-state index in [2.05, 4.69) is 20.9 Å². The van der Waals surface area contributed by atoms with Gasteiger partial charge in [-0.15, -0.1) is 0 Å². The molecule has 0 bridgehead atoms. The topological polar surface area (TPSA) is 96.6 Å². The van der Waals surface area contributed by atoms with Crippen molar-refractivity contribution in [2.45, 2.75) is 26.2 Å². The number of hydrogen-bond acceptors (Lipinski definition) is 5. The summed E-state index contributed by atoms with van der Waals surface area (Å²) in [6.45, 7) is 3.10. The molecule has 1 aliphatic heterocycles. The highest BCUT2D eigenvalue weighted by Gasteiger charge is 2.25. The van der Waals surface area contributed by atoms with E-state index in [-0.39, 0.29) is 18.0 Å². The minimum Gasteiger partial charge on any atom is -0.481 e. The van der Waals surface area contributed by atoms with Crippen LogP contribution >= 0.6 is 15.9 Å². The van der Waals surface area contributed by atoms with Gasteiger partial charge in [0.25, 0.3) is 5.69 Å². The average Bonchev–Trinajstić information content (AvgIpc) is 2.42. The third-order valence-corrected chi connectivity index (χ3v) is 4.74. The van der Waals surface area contributed by atoms with E-state index in [0.717, 1.165) is 12.8 Å². The van der Waals surface area contributed by atoms with Crippen molar-refractivity contribution in [3.8, 4) is 0 Å². The van der Waals surface area contributed by atoms with Crippen molar-refractivity contribution >= 4 is 33.4 Å². The van der Waals surface area contributed by atoms with Gasteiger partial charge in [-0.05, 0) is 41.6 Å². The lowest BCUT2D eigenvalue weighted by molar-refractivity contribution is -0.385. The zero-order valence-electron chi connectivity index (χ0n) is 11.6. The number of aromatic nitrogens is 1. The maximum atomic E-state index is 10.9. The molecule has 0 spiro atoms. The van der Waals surface area contributed by atoms with Gasteiger partial charge >= 0.3 is 5.97 Å². The second-order valence-corrected chi connectivity index (χ2v) is 5.98. The molecule has 8 heteroatoms. The van der Waals surface area contributed by atoms with Gasteiger partial charge < -0.3 is 10.0 Å². The van der Waals surface area contributed by atoms with Crippen LogP contribution in [-0.4, -0.2) is 34.1 Å². The molecular weight excluding hydrogens is 342 g/mol. The van der Waals surface area contributed by atoms with E-state index < -0.39 is 10.9 Å². The van der Waals surface area contributed by atoms with E-state index in [1.165, 1.54) is 6.20 Å².